The Morgan fingerprint density at radius 3 is 2.96 bits per heavy atom. The van der Waals surface area contributed by atoms with Gasteiger partial charge in [-0.15, -0.1) is 0 Å². The highest BCUT2D eigenvalue weighted by Gasteiger charge is 2.24. The number of ether oxygens (including phenoxy) is 2. The second-order valence-electron chi connectivity index (χ2n) is 5.46. The molecule has 1 fully saturated rings. The highest BCUT2D eigenvalue weighted by atomic mass is 19.1. The number of H-pyrrole nitrogens is 1. The molecular formula is C16H21FN4O2. The lowest BCUT2D eigenvalue weighted by Crippen LogP contribution is -2.39. The van der Waals surface area contributed by atoms with Crippen molar-refractivity contribution in [3.05, 3.63) is 41.7 Å². The molecule has 1 unspecified atom stereocenters. The van der Waals surface area contributed by atoms with Gasteiger partial charge in [-0.1, -0.05) is 13.0 Å². The highest BCUT2D eigenvalue weighted by molar-refractivity contribution is 5.22. The summed E-state index contributed by atoms with van der Waals surface area (Å²) in [7, 11) is 0. The van der Waals surface area contributed by atoms with Crippen LogP contribution in [-0.2, 0) is 11.3 Å². The maximum atomic E-state index is 13.1. The standard InChI is InChI=1S/C16H21FN4O2/c1-2-14(21-6-8-22-9-7-21)16-18-15(19-20-16)11-23-13-5-3-4-12(17)10-13/h3-5,10,14H,2,6-9,11H2,1H3,(H,18,19,20). The molecule has 0 aliphatic carbocycles. The molecule has 1 aliphatic rings. The molecule has 3 rings (SSSR count). The number of rotatable bonds is 6. The van der Waals surface area contributed by atoms with Crippen LogP contribution in [0.2, 0.25) is 0 Å². The molecule has 1 aromatic carbocycles. The number of nitrogens with one attached hydrogen (secondary N) is 1. The molecule has 23 heavy (non-hydrogen) atoms. The summed E-state index contributed by atoms with van der Waals surface area (Å²) in [5.74, 6) is 1.56. The average molecular weight is 320 g/mol. The Hall–Kier alpha value is -1.99. The van der Waals surface area contributed by atoms with E-state index in [1.165, 1.54) is 12.1 Å². The summed E-state index contributed by atoms with van der Waals surface area (Å²) in [6.07, 6.45) is 0.933. The van der Waals surface area contributed by atoms with Crippen LogP contribution < -0.4 is 4.74 Å². The van der Waals surface area contributed by atoms with Crippen LogP contribution in [-0.4, -0.2) is 46.4 Å². The van der Waals surface area contributed by atoms with Crippen molar-refractivity contribution in [2.45, 2.75) is 26.0 Å². The molecule has 0 spiro atoms. The first-order chi connectivity index (χ1) is 11.3. The molecule has 2 aromatic rings. The van der Waals surface area contributed by atoms with Crippen LogP contribution in [0.4, 0.5) is 4.39 Å². The third-order valence-electron chi connectivity index (χ3n) is 3.89. The molecule has 0 saturated carbocycles. The van der Waals surface area contributed by atoms with E-state index in [-0.39, 0.29) is 18.5 Å². The minimum absolute atomic E-state index is 0.179. The molecule has 0 bridgehead atoms. The predicted octanol–water partition coefficient (Wildman–Crippen LogP) is 2.31. The third kappa shape index (κ3) is 4.05. The fourth-order valence-electron chi connectivity index (χ4n) is 2.73. The number of nitrogens with zero attached hydrogens (tertiary/aromatic N) is 3. The molecule has 1 aliphatic heterocycles. The Labute approximate surface area is 134 Å². The Balaban J connectivity index is 1.62. The molecule has 0 radical (unpaired) electrons. The lowest BCUT2D eigenvalue weighted by Gasteiger charge is -2.32. The zero-order valence-electron chi connectivity index (χ0n) is 13.2. The number of aromatic nitrogens is 3. The minimum Gasteiger partial charge on any atom is -0.486 e. The van der Waals surface area contributed by atoms with Crippen LogP contribution in [0.3, 0.4) is 0 Å². The van der Waals surface area contributed by atoms with Gasteiger partial charge in [-0.05, 0) is 18.6 Å². The van der Waals surface area contributed by atoms with E-state index in [1.54, 1.807) is 12.1 Å². The van der Waals surface area contributed by atoms with Crippen molar-refractivity contribution in [2.24, 2.45) is 0 Å². The number of hydrogen-bond donors (Lipinski definition) is 1. The fourth-order valence-corrected chi connectivity index (χ4v) is 2.73. The minimum atomic E-state index is -0.320. The number of halogens is 1. The molecule has 0 amide bonds. The number of benzene rings is 1. The molecule has 1 atom stereocenters. The molecule has 6 nitrogen and oxygen atoms in total. The summed E-state index contributed by atoms with van der Waals surface area (Å²) in [5.41, 5.74) is 0. The Morgan fingerprint density at radius 1 is 1.39 bits per heavy atom. The van der Waals surface area contributed by atoms with Crippen molar-refractivity contribution < 1.29 is 13.9 Å². The first-order valence-corrected chi connectivity index (χ1v) is 7.87. The van der Waals surface area contributed by atoms with Crippen LogP contribution in [0.15, 0.2) is 24.3 Å². The summed E-state index contributed by atoms with van der Waals surface area (Å²) in [6, 6.07) is 6.23. The van der Waals surface area contributed by atoms with Gasteiger partial charge in [0.05, 0.1) is 19.3 Å². The second-order valence-corrected chi connectivity index (χ2v) is 5.46. The van der Waals surface area contributed by atoms with E-state index in [0.29, 0.717) is 11.6 Å². The smallest absolute Gasteiger partial charge is 0.167 e. The highest BCUT2D eigenvalue weighted by Crippen LogP contribution is 2.22. The van der Waals surface area contributed by atoms with Crippen molar-refractivity contribution in [2.75, 3.05) is 26.3 Å². The van der Waals surface area contributed by atoms with Gasteiger partial charge in [0.1, 0.15) is 18.2 Å². The van der Waals surface area contributed by atoms with Crippen LogP contribution in [0.5, 0.6) is 5.75 Å². The average Bonchev–Trinajstić information content (AvgIpc) is 3.03. The van der Waals surface area contributed by atoms with Crippen LogP contribution in [0.25, 0.3) is 0 Å². The van der Waals surface area contributed by atoms with Gasteiger partial charge in [-0.25, -0.2) is 9.37 Å². The van der Waals surface area contributed by atoms with Crippen LogP contribution in [0, 0.1) is 5.82 Å². The summed E-state index contributed by atoms with van der Waals surface area (Å²) >= 11 is 0. The first kappa shape index (κ1) is 15.9. The van der Waals surface area contributed by atoms with Gasteiger partial charge >= 0.3 is 0 Å². The largest absolute Gasteiger partial charge is 0.486 e. The zero-order chi connectivity index (χ0) is 16.1. The van der Waals surface area contributed by atoms with Crippen molar-refractivity contribution in [1.82, 2.24) is 20.1 Å². The molecule has 1 N–H and O–H groups in total. The van der Waals surface area contributed by atoms with E-state index in [1.807, 2.05) is 0 Å². The van der Waals surface area contributed by atoms with E-state index < -0.39 is 0 Å². The van der Waals surface area contributed by atoms with Gasteiger partial charge in [0.2, 0.25) is 0 Å². The van der Waals surface area contributed by atoms with E-state index >= 15 is 0 Å². The summed E-state index contributed by atoms with van der Waals surface area (Å²) in [5, 5.41) is 7.23. The van der Waals surface area contributed by atoms with E-state index in [0.717, 1.165) is 38.5 Å². The lowest BCUT2D eigenvalue weighted by molar-refractivity contribution is 0.0134. The summed E-state index contributed by atoms with van der Waals surface area (Å²) < 4.78 is 24.1. The summed E-state index contributed by atoms with van der Waals surface area (Å²) in [6.45, 7) is 5.63. The SMILES string of the molecule is CCC(c1n[nH]c(COc2cccc(F)c2)n1)N1CCOCC1. The quantitative estimate of drug-likeness (QED) is 0.885. The molecular weight excluding hydrogens is 299 g/mol. The lowest BCUT2D eigenvalue weighted by atomic mass is 10.1. The van der Waals surface area contributed by atoms with Crippen molar-refractivity contribution in [3.8, 4) is 5.75 Å². The van der Waals surface area contributed by atoms with Crippen LogP contribution >= 0.6 is 0 Å². The van der Waals surface area contributed by atoms with E-state index in [4.69, 9.17) is 9.47 Å². The maximum Gasteiger partial charge on any atom is 0.167 e. The monoisotopic (exact) mass is 320 g/mol. The van der Waals surface area contributed by atoms with E-state index in [2.05, 4.69) is 27.0 Å². The van der Waals surface area contributed by atoms with E-state index in [9.17, 15) is 4.39 Å². The van der Waals surface area contributed by atoms with Gasteiger partial charge in [0.15, 0.2) is 11.6 Å². The molecule has 2 heterocycles. The van der Waals surface area contributed by atoms with Crippen molar-refractivity contribution in [1.29, 1.82) is 0 Å². The number of hydrogen-bond acceptors (Lipinski definition) is 5. The summed E-state index contributed by atoms with van der Waals surface area (Å²) in [4.78, 5) is 6.86. The van der Waals surface area contributed by atoms with Gasteiger partial charge in [0.25, 0.3) is 0 Å². The van der Waals surface area contributed by atoms with Crippen molar-refractivity contribution >= 4 is 0 Å². The van der Waals surface area contributed by atoms with Gasteiger partial charge in [0, 0.05) is 19.2 Å². The Bertz CT molecular complexity index is 628. The van der Waals surface area contributed by atoms with Gasteiger partial charge < -0.3 is 9.47 Å². The predicted molar refractivity (Wildman–Crippen MR) is 82.5 cm³/mol. The third-order valence-corrected chi connectivity index (χ3v) is 3.89. The molecule has 124 valence electrons. The zero-order valence-corrected chi connectivity index (χ0v) is 13.2. The normalized spacial score (nSPS) is 17.1. The fraction of sp³-hybridized carbons (Fsp3) is 0.500. The second kappa shape index (κ2) is 7.52. The maximum absolute atomic E-state index is 13.1. The molecule has 1 aromatic heterocycles. The van der Waals surface area contributed by atoms with Crippen LogP contribution in [0.1, 0.15) is 31.0 Å². The molecule has 7 heteroatoms. The van der Waals surface area contributed by atoms with Crippen molar-refractivity contribution in [3.63, 3.8) is 0 Å². The topological polar surface area (TPSA) is 63.3 Å². The number of aromatic amines is 1. The first-order valence-electron chi connectivity index (χ1n) is 7.87. The van der Waals surface area contributed by atoms with Gasteiger partial charge in [-0.3, -0.25) is 10.00 Å². The van der Waals surface area contributed by atoms with Gasteiger partial charge in [-0.2, -0.15) is 5.10 Å². The Morgan fingerprint density at radius 2 is 2.22 bits per heavy atom. The Kier molecular flexibility index (Phi) is 5.19. The number of morpholine rings is 1. The molecule has 1 saturated heterocycles.